The first kappa shape index (κ1) is 19.7. The molecule has 28 heavy (non-hydrogen) atoms. The number of rotatable bonds is 8. The predicted molar refractivity (Wildman–Crippen MR) is 110 cm³/mol. The Morgan fingerprint density at radius 1 is 1.14 bits per heavy atom. The van der Waals surface area contributed by atoms with E-state index >= 15 is 0 Å². The SMILES string of the molecule is CCC[C@@H](C)NC(=O)c1ccccc1-c1ncc(-c2ccc(OCC)cc2)o1. The second-order valence-electron chi connectivity index (χ2n) is 6.70. The van der Waals surface area contributed by atoms with E-state index in [4.69, 9.17) is 9.15 Å². The van der Waals surface area contributed by atoms with Gasteiger partial charge in [-0.25, -0.2) is 4.98 Å². The van der Waals surface area contributed by atoms with Gasteiger partial charge in [0.2, 0.25) is 5.89 Å². The van der Waals surface area contributed by atoms with Gasteiger partial charge in [-0.3, -0.25) is 4.79 Å². The van der Waals surface area contributed by atoms with Gasteiger partial charge in [-0.15, -0.1) is 0 Å². The van der Waals surface area contributed by atoms with Crippen molar-refractivity contribution < 1.29 is 13.9 Å². The summed E-state index contributed by atoms with van der Waals surface area (Å²) in [5, 5.41) is 3.04. The number of hydrogen-bond donors (Lipinski definition) is 1. The van der Waals surface area contributed by atoms with E-state index in [9.17, 15) is 4.79 Å². The quantitative estimate of drug-likeness (QED) is 0.576. The maximum atomic E-state index is 12.7. The molecule has 0 radical (unpaired) electrons. The Kier molecular flexibility index (Phi) is 6.48. The summed E-state index contributed by atoms with van der Waals surface area (Å²) in [7, 11) is 0. The molecule has 146 valence electrons. The number of nitrogens with one attached hydrogen (secondary N) is 1. The van der Waals surface area contributed by atoms with Crippen molar-refractivity contribution in [2.24, 2.45) is 0 Å². The second-order valence-corrected chi connectivity index (χ2v) is 6.70. The summed E-state index contributed by atoms with van der Waals surface area (Å²) in [6.07, 6.45) is 3.64. The monoisotopic (exact) mass is 378 g/mol. The fourth-order valence-corrected chi connectivity index (χ4v) is 3.09. The van der Waals surface area contributed by atoms with E-state index in [0.29, 0.717) is 29.4 Å². The molecule has 0 fully saturated rings. The zero-order valence-corrected chi connectivity index (χ0v) is 16.6. The molecule has 0 bridgehead atoms. The summed E-state index contributed by atoms with van der Waals surface area (Å²) in [5.41, 5.74) is 2.15. The van der Waals surface area contributed by atoms with Gasteiger partial charge in [0.1, 0.15) is 5.75 Å². The summed E-state index contributed by atoms with van der Waals surface area (Å²) in [5.74, 6) is 1.77. The highest BCUT2D eigenvalue weighted by Crippen LogP contribution is 2.29. The van der Waals surface area contributed by atoms with Crippen LogP contribution in [0.1, 0.15) is 44.0 Å². The third kappa shape index (κ3) is 4.60. The van der Waals surface area contributed by atoms with Crippen LogP contribution >= 0.6 is 0 Å². The van der Waals surface area contributed by atoms with Gasteiger partial charge in [0.25, 0.3) is 5.91 Å². The van der Waals surface area contributed by atoms with Crippen molar-refractivity contribution in [2.45, 2.75) is 39.7 Å². The van der Waals surface area contributed by atoms with E-state index in [-0.39, 0.29) is 11.9 Å². The van der Waals surface area contributed by atoms with Gasteiger partial charge in [0, 0.05) is 17.2 Å². The number of aromatic nitrogens is 1. The smallest absolute Gasteiger partial charge is 0.252 e. The minimum atomic E-state index is -0.114. The Morgan fingerprint density at radius 3 is 2.61 bits per heavy atom. The van der Waals surface area contributed by atoms with Crippen molar-refractivity contribution in [1.29, 1.82) is 0 Å². The van der Waals surface area contributed by atoms with Crippen LogP contribution in [0.15, 0.2) is 59.1 Å². The number of oxazole rings is 1. The molecule has 0 aliphatic heterocycles. The predicted octanol–water partition coefficient (Wildman–Crippen LogP) is 5.33. The van der Waals surface area contributed by atoms with Crippen LogP contribution in [0.25, 0.3) is 22.8 Å². The molecule has 0 spiro atoms. The summed E-state index contributed by atoms with van der Waals surface area (Å²) in [6, 6.07) is 15.2. The van der Waals surface area contributed by atoms with Crippen molar-refractivity contribution in [3.05, 3.63) is 60.3 Å². The fraction of sp³-hybridized carbons (Fsp3) is 0.304. The highest BCUT2D eigenvalue weighted by Gasteiger charge is 2.18. The Morgan fingerprint density at radius 2 is 1.89 bits per heavy atom. The van der Waals surface area contributed by atoms with Gasteiger partial charge < -0.3 is 14.5 Å². The van der Waals surface area contributed by atoms with E-state index in [1.807, 2.05) is 56.3 Å². The lowest BCUT2D eigenvalue weighted by Gasteiger charge is -2.14. The average molecular weight is 378 g/mol. The van der Waals surface area contributed by atoms with Gasteiger partial charge in [0.15, 0.2) is 5.76 Å². The third-order valence-electron chi connectivity index (χ3n) is 4.46. The largest absolute Gasteiger partial charge is 0.494 e. The fourth-order valence-electron chi connectivity index (χ4n) is 3.09. The minimum absolute atomic E-state index is 0.114. The molecule has 0 unspecified atom stereocenters. The topological polar surface area (TPSA) is 64.4 Å². The molecule has 1 aromatic heterocycles. The molecule has 1 N–H and O–H groups in total. The van der Waals surface area contributed by atoms with Crippen LogP contribution in [-0.4, -0.2) is 23.5 Å². The Balaban J connectivity index is 1.84. The number of ether oxygens (including phenoxy) is 1. The van der Waals surface area contributed by atoms with Crippen LogP contribution in [0.2, 0.25) is 0 Å². The Bertz CT molecular complexity index is 916. The Labute approximate surface area is 165 Å². The first-order valence-electron chi connectivity index (χ1n) is 9.71. The first-order chi connectivity index (χ1) is 13.6. The van der Waals surface area contributed by atoms with Gasteiger partial charge in [0.05, 0.1) is 18.4 Å². The maximum Gasteiger partial charge on any atom is 0.252 e. The molecular weight excluding hydrogens is 352 g/mol. The summed E-state index contributed by atoms with van der Waals surface area (Å²) in [4.78, 5) is 17.1. The summed E-state index contributed by atoms with van der Waals surface area (Å²) >= 11 is 0. The maximum absolute atomic E-state index is 12.7. The van der Waals surface area contributed by atoms with E-state index in [0.717, 1.165) is 24.2 Å². The third-order valence-corrected chi connectivity index (χ3v) is 4.46. The molecule has 1 atom stereocenters. The van der Waals surface area contributed by atoms with E-state index in [1.54, 1.807) is 12.3 Å². The molecule has 2 aromatic carbocycles. The van der Waals surface area contributed by atoms with E-state index in [1.165, 1.54) is 0 Å². The Hall–Kier alpha value is -3.08. The van der Waals surface area contributed by atoms with Gasteiger partial charge >= 0.3 is 0 Å². The van der Waals surface area contributed by atoms with Crippen molar-refractivity contribution >= 4 is 5.91 Å². The van der Waals surface area contributed by atoms with Crippen LogP contribution in [0, 0.1) is 0 Å². The molecule has 5 heteroatoms. The average Bonchev–Trinajstić information content (AvgIpc) is 3.19. The van der Waals surface area contributed by atoms with Crippen LogP contribution in [-0.2, 0) is 0 Å². The summed E-state index contributed by atoms with van der Waals surface area (Å²) < 4.78 is 11.4. The normalized spacial score (nSPS) is 11.8. The lowest BCUT2D eigenvalue weighted by molar-refractivity contribution is 0.0938. The van der Waals surface area contributed by atoms with Crippen molar-refractivity contribution in [2.75, 3.05) is 6.61 Å². The zero-order valence-electron chi connectivity index (χ0n) is 16.6. The number of benzene rings is 2. The lowest BCUT2D eigenvalue weighted by Crippen LogP contribution is -2.32. The number of carbonyl (C=O) groups is 1. The van der Waals surface area contributed by atoms with Gasteiger partial charge in [-0.05, 0) is 56.7 Å². The van der Waals surface area contributed by atoms with Crippen molar-refractivity contribution in [3.8, 4) is 28.5 Å². The van der Waals surface area contributed by atoms with Crippen molar-refractivity contribution in [3.63, 3.8) is 0 Å². The second kappa shape index (κ2) is 9.22. The van der Waals surface area contributed by atoms with Crippen LogP contribution in [0.3, 0.4) is 0 Å². The highest BCUT2D eigenvalue weighted by molar-refractivity contribution is 6.00. The number of carbonyl (C=O) groups excluding carboxylic acids is 1. The molecule has 1 heterocycles. The van der Waals surface area contributed by atoms with Crippen LogP contribution < -0.4 is 10.1 Å². The molecule has 0 aliphatic rings. The molecule has 3 rings (SSSR count). The molecule has 3 aromatic rings. The van der Waals surface area contributed by atoms with Gasteiger partial charge in [-0.2, -0.15) is 0 Å². The molecular formula is C23H26N2O3. The van der Waals surface area contributed by atoms with E-state index < -0.39 is 0 Å². The molecule has 0 aliphatic carbocycles. The number of hydrogen-bond acceptors (Lipinski definition) is 4. The summed E-state index contributed by atoms with van der Waals surface area (Å²) in [6.45, 7) is 6.69. The van der Waals surface area contributed by atoms with Crippen LogP contribution in [0.4, 0.5) is 0 Å². The zero-order chi connectivity index (χ0) is 19.9. The van der Waals surface area contributed by atoms with Crippen molar-refractivity contribution in [1.82, 2.24) is 10.3 Å². The number of amides is 1. The van der Waals surface area contributed by atoms with Gasteiger partial charge in [-0.1, -0.05) is 25.5 Å². The first-order valence-corrected chi connectivity index (χ1v) is 9.71. The molecule has 5 nitrogen and oxygen atoms in total. The molecule has 0 saturated heterocycles. The number of nitrogens with zero attached hydrogens (tertiary/aromatic N) is 1. The standard InChI is InChI=1S/C23H26N2O3/c1-4-8-16(3)25-22(26)19-9-6-7-10-20(19)23-24-15-21(28-23)17-11-13-18(14-12-17)27-5-2/h6-7,9-16H,4-5,8H2,1-3H3,(H,25,26)/t16-/m1/s1. The molecule has 1 amide bonds. The molecule has 0 saturated carbocycles. The highest BCUT2D eigenvalue weighted by atomic mass is 16.5. The lowest BCUT2D eigenvalue weighted by atomic mass is 10.1. The van der Waals surface area contributed by atoms with Crippen LogP contribution in [0.5, 0.6) is 5.75 Å². The van der Waals surface area contributed by atoms with E-state index in [2.05, 4.69) is 17.2 Å². The minimum Gasteiger partial charge on any atom is -0.494 e.